The Bertz CT molecular complexity index is 911. The molecule has 0 amide bonds. The third-order valence-electron chi connectivity index (χ3n) is 10.9. The first-order chi connectivity index (χ1) is 16.4. The second kappa shape index (κ2) is 9.55. The molecule has 9 atom stereocenters. The van der Waals surface area contributed by atoms with Gasteiger partial charge in [0.05, 0.1) is 12.2 Å². The quantitative estimate of drug-likeness (QED) is 0.547. The molecule has 0 unspecified atom stereocenters. The Labute approximate surface area is 206 Å². The van der Waals surface area contributed by atoms with E-state index in [-0.39, 0.29) is 0 Å². The molecule has 4 saturated carbocycles. The summed E-state index contributed by atoms with van der Waals surface area (Å²) < 4.78 is 5.65. The molecule has 1 N–H and O–H groups in total. The normalized spacial score (nSPS) is 42.2. The van der Waals surface area contributed by atoms with Crippen molar-refractivity contribution < 1.29 is 9.84 Å². The average Bonchev–Trinajstić information content (AvgIpc) is 3.20. The second-order valence-electron chi connectivity index (χ2n) is 12.6. The maximum atomic E-state index is 11.1. The molecule has 186 valence electrons. The van der Waals surface area contributed by atoms with Crippen molar-refractivity contribution in [3.63, 3.8) is 0 Å². The molecular weight excluding hydrogens is 420 g/mol. The summed E-state index contributed by atoms with van der Waals surface area (Å²) in [5, 5.41) is 20.4. The third kappa shape index (κ3) is 4.33. The van der Waals surface area contributed by atoms with Crippen LogP contribution in [-0.2, 0) is 11.2 Å². The van der Waals surface area contributed by atoms with Gasteiger partial charge in [-0.15, -0.1) is 0 Å². The van der Waals surface area contributed by atoms with Gasteiger partial charge in [0.2, 0.25) is 0 Å². The Kier molecular flexibility index (Phi) is 6.81. The van der Waals surface area contributed by atoms with E-state index < -0.39 is 5.60 Å². The summed E-state index contributed by atoms with van der Waals surface area (Å²) in [6.07, 6.45) is 12.2. The molecule has 1 heterocycles. The maximum absolute atomic E-state index is 11.1. The van der Waals surface area contributed by atoms with E-state index >= 15 is 0 Å². The van der Waals surface area contributed by atoms with Crippen LogP contribution in [0.15, 0.2) is 18.2 Å². The molecule has 0 radical (unpaired) electrons. The first-order valence-corrected chi connectivity index (χ1v) is 14.0. The predicted octanol–water partition coefficient (Wildman–Crippen LogP) is 6.17. The van der Waals surface area contributed by atoms with Gasteiger partial charge >= 0.3 is 0 Å². The molecule has 1 aromatic heterocycles. The highest BCUT2D eigenvalue weighted by Gasteiger charge is 2.58. The Morgan fingerprint density at radius 1 is 1.12 bits per heavy atom. The summed E-state index contributed by atoms with van der Waals surface area (Å²) >= 11 is 0. The van der Waals surface area contributed by atoms with Crippen molar-refractivity contribution in [2.45, 2.75) is 90.6 Å². The number of hydrogen-bond donors (Lipinski definition) is 1. The molecule has 4 aliphatic rings. The van der Waals surface area contributed by atoms with E-state index in [1.807, 2.05) is 19.1 Å². The molecule has 34 heavy (non-hydrogen) atoms. The van der Waals surface area contributed by atoms with Crippen molar-refractivity contribution in [2.75, 3.05) is 13.2 Å². The minimum atomic E-state index is -0.585. The number of fused-ring (bicyclic) bond motifs is 5. The lowest BCUT2D eigenvalue weighted by molar-refractivity contribution is -0.129. The number of nitriles is 1. The minimum Gasteiger partial charge on any atom is -0.387 e. The van der Waals surface area contributed by atoms with Crippen molar-refractivity contribution in [1.29, 1.82) is 5.26 Å². The molecule has 1 aromatic rings. The summed E-state index contributed by atoms with van der Waals surface area (Å²) in [6, 6.07) is 8.08. The molecule has 4 heteroatoms. The van der Waals surface area contributed by atoms with E-state index in [4.69, 9.17) is 4.74 Å². The van der Waals surface area contributed by atoms with E-state index in [1.54, 1.807) is 0 Å². The summed E-state index contributed by atoms with van der Waals surface area (Å²) in [5.41, 5.74) is 1.48. The van der Waals surface area contributed by atoms with Gasteiger partial charge in [-0.25, -0.2) is 4.98 Å². The van der Waals surface area contributed by atoms with E-state index in [1.165, 1.54) is 44.9 Å². The highest BCUT2D eigenvalue weighted by Crippen LogP contribution is 2.65. The zero-order valence-corrected chi connectivity index (χ0v) is 21.5. The van der Waals surface area contributed by atoms with Crippen molar-refractivity contribution in [3.8, 4) is 6.07 Å². The second-order valence-corrected chi connectivity index (χ2v) is 12.6. The molecule has 0 saturated heterocycles. The smallest absolute Gasteiger partial charge is 0.140 e. The van der Waals surface area contributed by atoms with Crippen LogP contribution in [-0.4, -0.2) is 28.9 Å². The molecule has 4 aliphatic carbocycles. The van der Waals surface area contributed by atoms with Gasteiger partial charge in [-0.1, -0.05) is 19.9 Å². The number of nitrogens with zero attached hydrogens (tertiary/aromatic N) is 2. The fraction of sp³-hybridized carbons (Fsp3) is 0.800. The SMILES string of the molecule is CCOC[C@@]1(O)CC[C@H]2[C@H](CC[C@@H]3[C@@H]2CC[C@]2(C)[C@@H]([C@@H](C)Cc4cccc(C#N)n4)CC[C@@H]32)C1. The average molecular weight is 465 g/mol. The fourth-order valence-electron chi connectivity index (χ4n) is 9.49. The van der Waals surface area contributed by atoms with Crippen LogP contribution in [0.4, 0.5) is 0 Å². The molecular formula is C30H44N2O2. The van der Waals surface area contributed by atoms with E-state index in [9.17, 15) is 10.4 Å². The minimum absolute atomic E-state index is 0.449. The molecule has 0 bridgehead atoms. The largest absolute Gasteiger partial charge is 0.387 e. The van der Waals surface area contributed by atoms with Gasteiger partial charge in [0.1, 0.15) is 11.8 Å². The van der Waals surface area contributed by atoms with Gasteiger partial charge in [-0.3, -0.25) is 0 Å². The summed E-state index contributed by atoms with van der Waals surface area (Å²) in [4.78, 5) is 4.58. The van der Waals surface area contributed by atoms with Crippen LogP contribution in [0.2, 0.25) is 0 Å². The Morgan fingerprint density at radius 3 is 2.74 bits per heavy atom. The summed E-state index contributed by atoms with van der Waals surface area (Å²) in [5.74, 6) is 5.49. The topological polar surface area (TPSA) is 66.1 Å². The van der Waals surface area contributed by atoms with Crippen LogP contribution in [0.3, 0.4) is 0 Å². The molecule has 4 fully saturated rings. The standard InChI is InChI=1S/C30H44N2O2/c1-4-34-19-30(33)15-13-24-21(17-30)8-9-26-25(24)12-14-29(3)27(10-11-28(26)29)20(2)16-22-6-5-7-23(18-31)32-22/h5-7,20-21,24-28,33H,4,8-17,19H2,1-3H3/t20-,21+,24-,25+,26+,27+,28-,29+,30+/m0/s1. The van der Waals surface area contributed by atoms with Crippen LogP contribution in [0.25, 0.3) is 0 Å². The summed E-state index contributed by atoms with van der Waals surface area (Å²) in [7, 11) is 0. The van der Waals surface area contributed by atoms with Crippen LogP contribution in [0.1, 0.15) is 89.9 Å². The van der Waals surface area contributed by atoms with Gasteiger partial charge in [0.15, 0.2) is 0 Å². The number of pyridine rings is 1. The number of ether oxygens (including phenoxy) is 1. The van der Waals surface area contributed by atoms with Gasteiger partial charge in [0, 0.05) is 12.3 Å². The lowest BCUT2D eigenvalue weighted by Crippen LogP contribution is -2.52. The molecule has 0 spiro atoms. The first kappa shape index (κ1) is 24.3. The zero-order chi connectivity index (χ0) is 23.9. The highest BCUT2D eigenvalue weighted by molar-refractivity contribution is 5.22. The van der Waals surface area contributed by atoms with E-state index in [2.05, 4.69) is 31.0 Å². The first-order valence-electron chi connectivity index (χ1n) is 14.0. The maximum Gasteiger partial charge on any atom is 0.140 e. The van der Waals surface area contributed by atoms with Gasteiger partial charge in [-0.2, -0.15) is 5.26 Å². The lowest BCUT2D eigenvalue weighted by atomic mass is 9.48. The molecule has 4 nitrogen and oxygen atoms in total. The van der Waals surface area contributed by atoms with Gasteiger partial charge < -0.3 is 9.84 Å². The van der Waals surface area contributed by atoms with Crippen molar-refractivity contribution in [1.82, 2.24) is 4.98 Å². The van der Waals surface area contributed by atoms with Crippen LogP contribution in [0, 0.1) is 58.2 Å². The van der Waals surface area contributed by atoms with Crippen molar-refractivity contribution in [2.24, 2.45) is 46.8 Å². The van der Waals surface area contributed by atoms with Gasteiger partial charge in [-0.05, 0) is 130 Å². The molecule has 0 aliphatic heterocycles. The Hall–Kier alpha value is -1.44. The monoisotopic (exact) mass is 464 g/mol. The van der Waals surface area contributed by atoms with Gasteiger partial charge in [0.25, 0.3) is 0 Å². The third-order valence-corrected chi connectivity index (χ3v) is 10.9. The lowest BCUT2D eigenvalue weighted by Gasteiger charge is -2.57. The van der Waals surface area contributed by atoms with Crippen LogP contribution in [0.5, 0.6) is 0 Å². The van der Waals surface area contributed by atoms with Crippen LogP contribution >= 0.6 is 0 Å². The predicted molar refractivity (Wildman–Crippen MR) is 134 cm³/mol. The number of aromatic nitrogens is 1. The molecule has 5 rings (SSSR count). The highest BCUT2D eigenvalue weighted by atomic mass is 16.5. The summed E-state index contributed by atoms with van der Waals surface area (Å²) in [6.45, 7) is 8.29. The van der Waals surface area contributed by atoms with E-state index in [0.29, 0.717) is 36.2 Å². The Morgan fingerprint density at radius 2 is 1.94 bits per heavy atom. The number of hydrogen-bond acceptors (Lipinski definition) is 4. The molecule has 0 aromatic carbocycles. The zero-order valence-electron chi connectivity index (χ0n) is 21.5. The Balaban J connectivity index is 1.26. The van der Waals surface area contributed by atoms with Crippen molar-refractivity contribution >= 4 is 0 Å². The van der Waals surface area contributed by atoms with E-state index in [0.717, 1.165) is 54.5 Å². The number of rotatable bonds is 6. The van der Waals surface area contributed by atoms with Crippen LogP contribution < -0.4 is 0 Å². The van der Waals surface area contributed by atoms with Crippen molar-refractivity contribution in [3.05, 3.63) is 29.6 Å². The fourth-order valence-corrected chi connectivity index (χ4v) is 9.49. The number of aliphatic hydroxyl groups is 1.